The van der Waals surface area contributed by atoms with Crippen LogP contribution < -0.4 is 0 Å². The monoisotopic (exact) mass is 302 g/mol. The number of hydrogen-bond acceptors (Lipinski definition) is 1. The molecule has 2 nitrogen and oxygen atoms in total. The number of rotatable bonds is 2. The van der Waals surface area contributed by atoms with E-state index >= 15 is 0 Å². The van der Waals surface area contributed by atoms with Gasteiger partial charge in [-0.2, -0.15) is 0 Å². The van der Waals surface area contributed by atoms with E-state index in [2.05, 4.69) is 47.4 Å². The van der Waals surface area contributed by atoms with Crippen LogP contribution in [0.5, 0.6) is 0 Å². The Morgan fingerprint density at radius 1 is 0.905 bits per heavy atom. The molecule has 0 bridgehead atoms. The van der Waals surface area contributed by atoms with E-state index in [-0.39, 0.29) is 12.4 Å². The molecule has 112 valence electrons. The Kier molecular flexibility index (Phi) is 5.63. The van der Waals surface area contributed by atoms with Gasteiger partial charge >= 0.3 is 0 Å². The molecule has 1 saturated heterocycles. The van der Waals surface area contributed by atoms with Crippen LogP contribution in [0.1, 0.15) is 31.2 Å². The third kappa shape index (κ3) is 3.98. The molecule has 2 aromatic rings. The van der Waals surface area contributed by atoms with Crippen LogP contribution >= 0.6 is 12.4 Å². The molecule has 1 fully saturated rings. The first-order chi connectivity index (χ1) is 9.83. The summed E-state index contributed by atoms with van der Waals surface area (Å²) >= 11 is 0. The predicted molar refractivity (Wildman–Crippen MR) is 92.7 cm³/mol. The Bertz CT molecular complexity index is 601. The molecule has 3 rings (SSSR count). The van der Waals surface area contributed by atoms with Gasteiger partial charge in [0.15, 0.2) is 0 Å². The Hall–Kier alpha value is -1.54. The van der Waals surface area contributed by atoms with Crippen molar-refractivity contribution in [2.45, 2.75) is 32.1 Å². The highest BCUT2D eigenvalue weighted by atomic mass is 35.5. The second-order valence-electron chi connectivity index (χ2n) is 5.71. The molecule has 1 N–H and O–H groups in total. The minimum atomic E-state index is 0. The van der Waals surface area contributed by atoms with Crippen molar-refractivity contribution in [1.82, 2.24) is 4.90 Å². The molecule has 1 aliphatic rings. The first-order valence-electron chi connectivity index (χ1n) is 7.63. The molecule has 1 aliphatic heterocycles. The number of likely N-dealkylation sites (tertiary alicyclic amines) is 1. The molecule has 0 aromatic heterocycles. The Balaban J connectivity index is 0.00000161. The molecule has 0 amide bonds. The van der Waals surface area contributed by atoms with Crippen molar-refractivity contribution < 1.29 is 0 Å². The highest BCUT2D eigenvalue weighted by Crippen LogP contribution is 2.17. The van der Waals surface area contributed by atoms with Crippen molar-refractivity contribution in [2.24, 2.45) is 0 Å². The summed E-state index contributed by atoms with van der Waals surface area (Å²) in [4.78, 5) is 2.27. The maximum absolute atomic E-state index is 8.35. The van der Waals surface area contributed by atoms with E-state index in [1.807, 2.05) is 0 Å². The number of hydrogen-bond donors (Lipinski definition) is 1. The van der Waals surface area contributed by atoms with E-state index in [4.69, 9.17) is 5.41 Å². The zero-order chi connectivity index (χ0) is 13.8. The number of halogens is 1. The van der Waals surface area contributed by atoms with Gasteiger partial charge in [-0.15, -0.1) is 12.4 Å². The third-order valence-electron chi connectivity index (χ3n) is 4.17. The van der Waals surface area contributed by atoms with Gasteiger partial charge in [-0.1, -0.05) is 55.3 Å². The Labute approximate surface area is 133 Å². The fourth-order valence-corrected chi connectivity index (χ4v) is 2.99. The van der Waals surface area contributed by atoms with Crippen molar-refractivity contribution in [1.29, 1.82) is 5.41 Å². The normalized spacial score (nSPS) is 15.3. The average Bonchev–Trinajstić information content (AvgIpc) is 2.76. The molecule has 3 heteroatoms. The zero-order valence-corrected chi connectivity index (χ0v) is 13.2. The highest BCUT2D eigenvalue weighted by Gasteiger charge is 2.12. The lowest BCUT2D eigenvalue weighted by molar-refractivity contribution is 0.426. The van der Waals surface area contributed by atoms with Crippen molar-refractivity contribution >= 4 is 29.0 Å². The van der Waals surface area contributed by atoms with Gasteiger partial charge in [0.25, 0.3) is 0 Å². The van der Waals surface area contributed by atoms with E-state index < -0.39 is 0 Å². The van der Waals surface area contributed by atoms with E-state index in [9.17, 15) is 0 Å². The van der Waals surface area contributed by atoms with Crippen LogP contribution in [-0.2, 0) is 6.42 Å². The van der Waals surface area contributed by atoms with Crippen LogP contribution in [0.25, 0.3) is 10.8 Å². The summed E-state index contributed by atoms with van der Waals surface area (Å²) in [6.45, 7) is 2.12. The SMILES string of the molecule is Cl.N=C(Cc1ccc2ccccc2c1)N1CCCCCC1. The van der Waals surface area contributed by atoms with Crippen molar-refractivity contribution in [3.8, 4) is 0 Å². The molecule has 0 radical (unpaired) electrons. The van der Waals surface area contributed by atoms with Crippen LogP contribution in [0, 0.1) is 5.41 Å². The van der Waals surface area contributed by atoms with Gasteiger partial charge in [0.05, 0.1) is 0 Å². The first-order valence-corrected chi connectivity index (χ1v) is 7.63. The number of fused-ring (bicyclic) bond motifs is 1. The van der Waals surface area contributed by atoms with Crippen LogP contribution in [0.2, 0.25) is 0 Å². The highest BCUT2D eigenvalue weighted by molar-refractivity contribution is 5.86. The fraction of sp³-hybridized carbons (Fsp3) is 0.389. The van der Waals surface area contributed by atoms with Crippen molar-refractivity contribution in [3.05, 3.63) is 48.0 Å². The number of amidine groups is 1. The van der Waals surface area contributed by atoms with Gasteiger partial charge in [-0.3, -0.25) is 5.41 Å². The van der Waals surface area contributed by atoms with E-state index in [1.165, 1.54) is 42.0 Å². The summed E-state index contributed by atoms with van der Waals surface area (Å²) in [5.74, 6) is 0.780. The standard InChI is InChI=1S/C18H22N2.ClH/c19-18(20-11-5-1-2-6-12-20)14-15-9-10-16-7-3-4-8-17(16)13-15;/h3-4,7-10,13,19H,1-2,5-6,11-12,14H2;1H. The van der Waals surface area contributed by atoms with E-state index in [0.717, 1.165) is 25.3 Å². The van der Waals surface area contributed by atoms with Gasteiger partial charge in [-0.05, 0) is 29.2 Å². The molecule has 2 aromatic carbocycles. The number of nitrogens with one attached hydrogen (secondary N) is 1. The Morgan fingerprint density at radius 2 is 1.57 bits per heavy atom. The molecule has 0 spiro atoms. The minimum absolute atomic E-state index is 0. The number of nitrogens with zero attached hydrogens (tertiary/aromatic N) is 1. The zero-order valence-electron chi connectivity index (χ0n) is 12.3. The largest absolute Gasteiger partial charge is 0.360 e. The molecule has 1 heterocycles. The molecular formula is C18H23ClN2. The van der Waals surface area contributed by atoms with E-state index in [1.54, 1.807) is 0 Å². The second-order valence-corrected chi connectivity index (χ2v) is 5.71. The molecule has 21 heavy (non-hydrogen) atoms. The van der Waals surface area contributed by atoms with Crippen molar-refractivity contribution in [3.63, 3.8) is 0 Å². The van der Waals surface area contributed by atoms with Crippen LogP contribution in [0.15, 0.2) is 42.5 Å². The Morgan fingerprint density at radius 3 is 2.29 bits per heavy atom. The average molecular weight is 303 g/mol. The van der Waals surface area contributed by atoms with Gasteiger partial charge < -0.3 is 4.90 Å². The maximum Gasteiger partial charge on any atom is 0.100 e. The van der Waals surface area contributed by atoms with Crippen LogP contribution in [-0.4, -0.2) is 23.8 Å². The summed E-state index contributed by atoms with van der Waals surface area (Å²) in [6.07, 6.45) is 5.87. The number of benzene rings is 2. The third-order valence-corrected chi connectivity index (χ3v) is 4.17. The molecule has 0 atom stereocenters. The maximum atomic E-state index is 8.35. The fourth-order valence-electron chi connectivity index (χ4n) is 2.99. The smallest absolute Gasteiger partial charge is 0.100 e. The molecule has 0 unspecified atom stereocenters. The van der Waals surface area contributed by atoms with Crippen LogP contribution in [0.3, 0.4) is 0 Å². The first kappa shape index (κ1) is 15.8. The van der Waals surface area contributed by atoms with Crippen molar-refractivity contribution in [2.75, 3.05) is 13.1 Å². The predicted octanol–water partition coefficient (Wildman–Crippen LogP) is 4.66. The lowest BCUT2D eigenvalue weighted by Crippen LogP contribution is -2.32. The van der Waals surface area contributed by atoms with Gasteiger partial charge in [0.2, 0.25) is 0 Å². The van der Waals surface area contributed by atoms with E-state index in [0.29, 0.717) is 0 Å². The summed E-state index contributed by atoms with van der Waals surface area (Å²) in [6, 6.07) is 15.0. The molecule has 0 aliphatic carbocycles. The van der Waals surface area contributed by atoms with Gasteiger partial charge in [0, 0.05) is 19.5 Å². The summed E-state index contributed by atoms with van der Waals surface area (Å²) < 4.78 is 0. The topological polar surface area (TPSA) is 27.1 Å². The molecular weight excluding hydrogens is 280 g/mol. The summed E-state index contributed by atoms with van der Waals surface area (Å²) in [7, 11) is 0. The molecule has 0 saturated carbocycles. The second kappa shape index (κ2) is 7.46. The lowest BCUT2D eigenvalue weighted by atomic mass is 10.0. The van der Waals surface area contributed by atoms with Gasteiger partial charge in [0.1, 0.15) is 5.84 Å². The minimum Gasteiger partial charge on any atom is -0.360 e. The van der Waals surface area contributed by atoms with Gasteiger partial charge in [-0.25, -0.2) is 0 Å². The summed E-state index contributed by atoms with van der Waals surface area (Å²) in [5.41, 5.74) is 1.25. The lowest BCUT2D eigenvalue weighted by Gasteiger charge is -2.23. The quantitative estimate of drug-likeness (QED) is 0.634. The summed E-state index contributed by atoms with van der Waals surface area (Å²) in [5, 5.41) is 10.9. The van der Waals surface area contributed by atoms with Crippen LogP contribution in [0.4, 0.5) is 0 Å².